The molecule has 2 aliphatic heterocycles. The van der Waals surface area contributed by atoms with Crippen LogP contribution >= 0.6 is 0 Å². The van der Waals surface area contributed by atoms with E-state index in [1.807, 2.05) is 36.4 Å². The summed E-state index contributed by atoms with van der Waals surface area (Å²) in [6, 6.07) is 23.3. The number of carbonyl (C=O) groups is 2. The number of hydrogen-bond donors (Lipinski definition) is 0. The minimum Gasteiger partial charge on any atom is -0.306 e. The zero-order valence-electron chi connectivity index (χ0n) is 17.0. The molecular weight excluding hydrogens is 410 g/mol. The van der Waals surface area contributed by atoms with Crippen LogP contribution in [0.1, 0.15) is 16.8 Å². The van der Waals surface area contributed by atoms with Crippen LogP contribution in [0.2, 0.25) is 0 Å². The van der Waals surface area contributed by atoms with Crippen LogP contribution < -0.4 is 9.96 Å². The highest BCUT2D eigenvalue weighted by Crippen LogP contribution is 2.44. The quantitative estimate of drug-likeness (QED) is 0.265. The molecule has 8 nitrogen and oxygen atoms in total. The number of hydroxylamine groups is 1. The predicted molar refractivity (Wildman–Crippen MR) is 117 cm³/mol. The van der Waals surface area contributed by atoms with Gasteiger partial charge in [-0.2, -0.15) is 0 Å². The van der Waals surface area contributed by atoms with Gasteiger partial charge < -0.3 is 4.90 Å². The fourth-order valence-electron chi connectivity index (χ4n) is 4.22. The third kappa shape index (κ3) is 3.21. The Kier molecular flexibility index (Phi) is 4.71. The van der Waals surface area contributed by atoms with Gasteiger partial charge >= 0.3 is 0 Å². The lowest BCUT2D eigenvalue weighted by Gasteiger charge is -2.44. The highest BCUT2D eigenvalue weighted by Gasteiger charge is 2.62. The number of nitrogens with zero attached hydrogens (tertiary/aromatic N) is 3. The van der Waals surface area contributed by atoms with Gasteiger partial charge in [0, 0.05) is 29.8 Å². The van der Waals surface area contributed by atoms with E-state index in [-0.39, 0.29) is 30.3 Å². The normalized spacial score (nSPS) is 22.1. The van der Waals surface area contributed by atoms with Crippen LogP contribution in [-0.2, 0) is 9.63 Å². The van der Waals surface area contributed by atoms with E-state index in [4.69, 9.17) is 4.84 Å². The molecule has 2 heterocycles. The topological polar surface area (TPSA) is 93.0 Å². The molecule has 32 heavy (non-hydrogen) atoms. The number of hydrogen-bond acceptors (Lipinski definition) is 6. The van der Waals surface area contributed by atoms with Gasteiger partial charge in [-0.05, 0) is 24.3 Å². The van der Waals surface area contributed by atoms with Crippen molar-refractivity contribution in [2.24, 2.45) is 0 Å². The fourth-order valence-corrected chi connectivity index (χ4v) is 4.22. The van der Waals surface area contributed by atoms with Crippen LogP contribution in [0.5, 0.6) is 0 Å². The zero-order chi connectivity index (χ0) is 22.3. The molecule has 0 N–H and O–H groups in total. The van der Waals surface area contributed by atoms with Crippen LogP contribution in [0.15, 0.2) is 84.9 Å². The van der Waals surface area contributed by atoms with Crippen molar-refractivity contribution < 1.29 is 19.3 Å². The maximum Gasteiger partial charge on any atom is 0.269 e. The number of Topliss-reactive ketones (excluding diaryl/α,β-unsaturated/α-hetero) is 1. The molecule has 2 aliphatic rings. The first-order valence-corrected chi connectivity index (χ1v) is 10.2. The van der Waals surface area contributed by atoms with Gasteiger partial charge in [0.25, 0.3) is 11.6 Å². The zero-order valence-corrected chi connectivity index (χ0v) is 17.0. The van der Waals surface area contributed by atoms with Crippen molar-refractivity contribution in [1.82, 2.24) is 0 Å². The molecule has 5 rings (SSSR count). The van der Waals surface area contributed by atoms with E-state index in [1.165, 1.54) is 17.0 Å². The van der Waals surface area contributed by atoms with Crippen molar-refractivity contribution in [2.75, 3.05) is 16.5 Å². The van der Waals surface area contributed by atoms with Crippen LogP contribution in [0.3, 0.4) is 0 Å². The summed E-state index contributed by atoms with van der Waals surface area (Å²) in [5.74, 6) is -0.386. The van der Waals surface area contributed by atoms with Crippen molar-refractivity contribution in [3.63, 3.8) is 0 Å². The number of rotatable bonds is 5. The Bertz CT molecular complexity index is 1180. The number of para-hydroxylation sites is 1. The van der Waals surface area contributed by atoms with Gasteiger partial charge in [0.05, 0.1) is 17.2 Å². The molecule has 2 saturated heterocycles. The molecule has 0 bridgehead atoms. The number of nitro benzene ring substituents is 1. The molecule has 2 atom stereocenters. The molecule has 8 heteroatoms. The van der Waals surface area contributed by atoms with Crippen molar-refractivity contribution in [2.45, 2.75) is 18.1 Å². The lowest BCUT2D eigenvalue weighted by atomic mass is 9.84. The maximum atomic E-state index is 13.3. The SMILES string of the molecule is O=C(c1ccccc1)[C@@H]1C[C@]2(CN(c3ccc([N+](=O)[O-])cc3)C2=O)ON1c1ccccc1. The van der Waals surface area contributed by atoms with Gasteiger partial charge in [-0.15, -0.1) is 0 Å². The number of anilines is 2. The summed E-state index contributed by atoms with van der Waals surface area (Å²) in [7, 11) is 0. The van der Waals surface area contributed by atoms with E-state index in [2.05, 4.69) is 0 Å². The number of carbonyl (C=O) groups excluding carboxylic acids is 2. The summed E-state index contributed by atoms with van der Waals surface area (Å²) in [5, 5.41) is 12.4. The monoisotopic (exact) mass is 429 g/mol. The van der Waals surface area contributed by atoms with Gasteiger partial charge in [-0.1, -0.05) is 48.5 Å². The Morgan fingerprint density at radius 3 is 2.16 bits per heavy atom. The number of nitro groups is 1. The number of amides is 1. The largest absolute Gasteiger partial charge is 0.306 e. The summed E-state index contributed by atoms with van der Waals surface area (Å²) in [4.78, 5) is 44.6. The second kappa shape index (κ2) is 7.58. The summed E-state index contributed by atoms with van der Waals surface area (Å²) < 4.78 is 0. The summed E-state index contributed by atoms with van der Waals surface area (Å²) in [5.41, 5.74) is 0.613. The van der Waals surface area contributed by atoms with Gasteiger partial charge in [0.2, 0.25) is 0 Å². The number of non-ortho nitro benzene ring substituents is 1. The van der Waals surface area contributed by atoms with Crippen molar-refractivity contribution in [1.29, 1.82) is 0 Å². The minimum absolute atomic E-state index is 0.0441. The standard InChI is InChI=1S/C24H19N3O5/c28-22(17-7-3-1-4-8-17)21-15-24(32-26(21)19-9-5-2-6-10-19)16-25(23(24)29)18-11-13-20(14-12-18)27(30)31/h1-14,21H,15-16H2/t21-,24+/m0/s1. The number of ketones is 1. The Balaban J connectivity index is 1.42. The lowest BCUT2D eigenvalue weighted by molar-refractivity contribution is -0.384. The highest BCUT2D eigenvalue weighted by atomic mass is 16.7. The van der Waals surface area contributed by atoms with E-state index >= 15 is 0 Å². The summed E-state index contributed by atoms with van der Waals surface area (Å²) in [6.07, 6.45) is 0.220. The van der Waals surface area contributed by atoms with Crippen molar-refractivity contribution >= 4 is 28.8 Å². The third-order valence-electron chi connectivity index (χ3n) is 5.87. The molecule has 0 unspecified atom stereocenters. The van der Waals surface area contributed by atoms with E-state index in [9.17, 15) is 19.7 Å². The minimum atomic E-state index is -1.15. The van der Waals surface area contributed by atoms with Crippen LogP contribution in [-0.4, -0.2) is 34.8 Å². The van der Waals surface area contributed by atoms with E-state index in [0.29, 0.717) is 16.9 Å². The Hall–Kier alpha value is -4.04. The number of benzene rings is 3. The Morgan fingerprint density at radius 2 is 1.56 bits per heavy atom. The van der Waals surface area contributed by atoms with Crippen molar-refractivity contribution in [3.05, 3.63) is 101 Å². The molecule has 0 radical (unpaired) electrons. The van der Waals surface area contributed by atoms with Gasteiger partial charge in [-0.3, -0.25) is 24.5 Å². The lowest BCUT2D eigenvalue weighted by Crippen LogP contribution is -2.67. The molecule has 1 amide bonds. The van der Waals surface area contributed by atoms with E-state index in [1.54, 1.807) is 41.5 Å². The molecule has 3 aromatic rings. The second-order valence-electron chi connectivity index (χ2n) is 7.86. The fraction of sp³-hybridized carbons (Fsp3) is 0.167. The molecule has 1 spiro atoms. The van der Waals surface area contributed by atoms with Crippen LogP contribution in [0, 0.1) is 10.1 Å². The molecular formula is C24H19N3O5. The first kappa shape index (κ1) is 19.9. The van der Waals surface area contributed by atoms with Gasteiger partial charge in [0.1, 0.15) is 6.04 Å². The van der Waals surface area contributed by atoms with Crippen LogP contribution in [0.4, 0.5) is 17.1 Å². The molecule has 0 aromatic heterocycles. The molecule has 2 fully saturated rings. The second-order valence-corrected chi connectivity index (χ2v) is 7.86. The smallest absolute Gasteiger partial charge is 0.269 e. The average molecular weight is 429 g/mol. The molecule has 3 aromatic carbocycles. The van der Waals surface area contributed by atoms with E-state index < -0.39 is 16.6 Å². The summed E-state index contributed by atoms with van der Waals surface area (Å²) in [6.45, 7) is 0.256. The van der Waals surface area contributed by atoms with Gasteiger partial charge in [0.15, 0.2) is 11.4 Å². The predicted octanol–water partition coefficient (Wildman–Crippen LogP) is 3.77. The first-order valence-electron chi connectivity index (χ1n) is 10.2. The molecule has 160 valence electrons. The Labute approximate surface area is 183 Å². The molecule has 0 saturated carbocycles. The summed E-state index contributed by atoms with van der Waals surface area (Å²) >= 11 is 0. The average Bonchev–Trinajstić information content (AvgIpc) is 3.26. The number of β-lactam (4-membered cyclic amide) rings is 1. The maximum absolute atomic E-state index is 13.3. The van der Waals surface area contributed by atoms with Gasteiger partial charge in [-0.25, -0.2) is 5.06 Å². The highest BCUT2D eigenvalue weighted by molar-refractivity contribution is 6.09. The third-order valence-corrected chi connectivity index (χ3v) is 5.87. The van der Waals surface area contributed by atoms with E-state index in [0.717, 1.165) is 0 Å². The molecule has 0 aliphatic carbocycles. The first-order chi connectivity index (χ1) is 15.5. The Morgan fingerprint density at radius 1 is 0.938 bits per heavy atom. The van der Waals surface area contributed by atoms with Crippen molar-refractivity contribution in [3.8, 4) is 0 Å². The van der Waals surface area contributed by atoms with Crippen LogP contribution in [0.25, 0.3) is 0 Å².